The van der Waals surface area contributed by atoms with E-state index in [1.165, 1.54) is 12.1 Å². The Labute approximate surface area is 153 Å². The molecule has 1 N–H and O–H groups in total. The van der Waals surface area contributed by atoms with Crippen LogP contribution in [0.1, 0.15) is 37.7 Å². The minimum absolute atomic E-state index is 0.0736. The molecule has 2 saturated heterocycles. The number of aryl methyl sites for hydroxylation is 1. The average Bonchev–Trinajstić information content (AvgIpc) is 3.09. The van der Waals surface area contributed by atoms with Crippen molar-refractivity contribution in [3.63, 3.8) is 0 Å². The highest BCUT2D eigenvalue weighted by Crippen LogP contribution is 2.45. The van der Waals surface area contributed by atoms with Crippen LogP contribution in [0.15, 0.2) is 29.2 Å². The van der Waals surface area contributed by atoms with Crippen molar-refractivity contribution in [2.45, 2.75) is 74.3 Å². The predicted octanol–water partition coefficient (Wildman–Crippen LogP) is 1.86. The number of benzene rings is 1. The van der Waals surface area contributed by atoms with Gasteiger partial charge in [0.1, 0.15) is 18.3 Å². The topological polar surface area (TPSA) is 91.3 Å². The Balaban J connectivity index is 1.37. The first kappa shape index (κ1) is 18.3. The summed E-state index contributed by atoms with van der Waals surface area (Å²) in [4.78, 5) is 0.0736. The van der Waals surface area contributed by atoms with Gasteiger partial charge in [-0.2, -0.15) is 8.42 Å². The van der Waals surface area contributed by atoms with Gasteiger partial charge in [-0.3, -0.25) is 4.18 Å². The third kappa shape index (κ3) is 3.42. The third-order valence-corrected chi connectivity index (χ3v) is 6.58. The average molecular weight is 384 g/mol. The lowest BCUT2D eigenvalue weighted by Gasteiger charge is -2.33. The van der Waals surface area contributed by atoms with Crippen LogP contribution < -0.4 is 0 Å². The van der Waals surface area contributed by atoms with E-state index in [-0.39, 0.29) is 11.5 Å². The molecule has 0 unspecified atom stereocenters. The Morgan fingerprint density at radius 3 is 2.50 bits per heavy atom. The van der Waals surface area contributed by atoms with Crippen molar-refractivity contribution < 1.29 is 31.9 Å². The zero-order valence-corrected chi connectivity index (χ0v) is 15.5. The van der Waals surface area contributed by atoms with Crippen LogP contribution in [0.5, 0.6) is 0 Å². The van der Waals surface area contributed by atoms with E-state index in [1.807, 2.05) is 6.92 Å². The zero-order chi connectivity index (χ0) is 18.4. The first-order valence-corrected chi connectivity index (χ1v) is 10.4. The molecule has 1 aromatic rings. The Hall–Kier alpha value is -1.03. The van der Waals surface area contributed by atoms with Crippen molar-refractivity contribution in [3.05, 3.63) is 29.8 Å². The highest BCUT2D eigenvalue weighted by atomic mass is 32.2. The maximum Gasteiger partial charge on any atom is 0.297 e. The number of ether oxygens (including phenoxy) is 3. The Morgan fingerprint density at radius 1 is 1.15 bits per heavy atom. The Kier molecular flexibility index (Phi) is 4.83. The maximum absolute atomic E-state index is 12.3. The number of rotatable bonds is 4. The first-order valence-electron chi connectivity index (χ1n) is 9.04. The molecular weight excluding hydrogens is 360 g/mol. The Morgan fingerprint density at radius 2 is 1.85 bits per heavy atom. The van der Waals surface area contributed by atoms with Crippen molar-refractivity contribution in [1.29, 1.82) is 0 Å². The standard InChI is InChI=1S/C18H24O7S/c1-12-5-7-13(8-6-12)26(20,21)22-11-14-15(19)16-17(23-14)25-18(24-16)9-3-2-4-10-18/h5-8,14-17,19H,2-4,9-11H2,1H3/t14-,15+,16-,17-/m1/s1. The first-order chi connectivity index (χ1) is 12.4. The largest absolute Gasteiger partial charge is 0.387 e. The molecule has 26 heavy (non-hydrogen) atoms. The second-order valence-electron chi connectivity index (χ2n) is 7.26. The summed E-state index contributed by atoms with van der Waals surface area (Å²) in [6.07, 6.45) is 1.69. The van der Waals surface area contributed by atoms with E-state index in [9.17, 15) is 13.5 Å². The molecule has 1 saturated carbocycles. The van der Waals surface area contributed by atoms with Gasteiger partial charge in [-0.05, 0) is 31.9 Å². The fourth-order valence-electron chi connectivity index (χ4n) is 3.80. The molecule has 4 rings (SSSR count). The van der Waals surface area contributed by atoms with Gasteiger partial charge in [0.15, 0.2) is 12.1 Å². The molecule has 7 nitrogen and oxygen atoms in total. The van der Waals surface area contributed by atoms with Crippen LogP contribution in [-0.2, 0) is 28.5 Å². The van der Waals surface area contributed by atoms with Crippen LogP contribution in [0.2, 0.25) is 0 Å². The summed E-state index contributed by atoms with van der Waals surface area (Å²) < 4.78 is 47.2. The fourth-order valence-corrected chi connectivity index (χ4v) is 4.72. The molecule has 1 aromatic carbocycles. The van der Waals surface area contributed by atoms with Crippen LogP contribution in [0, 0.1) is 6.92 Å². The lowest BCUT2D eigenvalue weighted by atomic mass is 9.94. The second-order valence-corrected chi connectivity index (χ2v) is 8.87. The van der Waals surface area contributed by atoms with E-state index < -0.39 is 40.5 Å². The van der Waals surface area contributed by atoms with Crippen molar-refractivity contribution in [2.75, 3.05) is 6.61 Å². The molecule has 1 spiro atoms. The SMILES string of the molecule is Cc1ccc(S(=O)(=O)OC[C@H]2O[C@@H]3OC4(CCCCC4)O[C@@H]3[C@H]2O)cc1. The lowest BCUT2D eigenvalue weighted by Crippen LogP contribution is -2.40. The van der Waals surface area contributed by atoms with Crippen LogP contribution in [0.25, 0.3) is 0 Å². The molecule has 0 bridgehead atoms. The monoisotopic (exact) mass is 384 g/mol. The van der Waals surface area contributed by atoms with Crippen molar-refractivity contribution >= 4 is 10.1 Å². The van der Waals surface area contributed by atoms with E-state index in [0.29, 0.717) is 0 Å². The molecule has 0 aromatic heterocycles. The summed E-state index contributed by atoms with van der Waals surface area (Å²) in [5, 5.41) is 10.5. The summed E-state index contributed by atoms with van der Waals surface area (Å²) in [5.74, 6) is -0.658. The van der Waals surface area contributed by atoms with E-state index in [4.69, 9.17) is 18.4 Å². The quantitative estimate of drug-likeness (QED) is 0.792. The highest BCUT2D eigenvalue weighted by Gasteiger charge is 2.57. The molecule has 3 fully saturated rings. The van der Waals surface area contributed by atoms with E-state index in [2.05, 4.69) is 0 Å². The van der Waals surface area contributed by atoms with Gasteiger partial charge in [0.2, 0.25) is 0 Å². The summed E-state index contributed by atoms with van der Waals surface area (Å²) >= 11 is 0. The molecule has 144 valence electrons. The van der Waals surface area contributed by atoms with Crippen LogP contribution >= 0.6 is 0 Å². The number of aliphatic hydroxyl groups excluding tert-OH is 1. The molecular formula is C18H24O7S. The minimum atomic E-state index is -3.91. The molecule has 1 aliphatic carbocycles. The van der Waals surface area contributed by atoms with Crippen molar-refractivity contribution in [2.24, 2.45) is 0 Å². The Bertz CT molecular complexity index is 739. The molecule has 4 atom stereocenters. The molecule has 0 radical (unpaired) electrons. The van der Waals surface area contributed by atoms with Crippen LogP contribution in [0.3, 0.4) is 0 Å². The molecule has 8 heteroatoms. The summed E-state index contributed by atoms with van der Waals surface area (Å²) in [6.45, 7) is 1.59. The number of hydrogen-bond acceptors (Lipinski definition) is 7. The summed E-state index contributed by atoms with van der Waals surface area (Å²) in [7, 11) is -3.91. The van der Waals surface area contributed by atoms with Gasteiger partial charge in [0.25, 0.3) is 10.1 Å². The lowest BCUT2D eigenvalue weighted by molar-refractivity contribution is -0.247. The van der Waals surface area contributed by atoms with Gasteiger partial charge in [-0.1, -0.05) is 24.1 Å². The van der Waals surface area contributed by atoms with Crippen molar-refractivity contribution in [3.8, 4) is 0 Å². The van der Waals surface area contributed by atoms with E-state index in [0.717, 1.165) is 37.7 Å². The number of hydrogen-bond donors (Lipinski definition) is 1. The molecule has 3 aliphatic rings. The predicted molar refractivity (Wildman–Crippen MR) is 90.8 cm³/mol. The second kappa shape index (κ2) is 6.85. The zero-order valence-electron chi connectivity index (χ0n) is 14.7. The van der Waals surface area contributed by atoms with Gasteiger partial charge in [-0.25, -0.2) is 0 Å². The molecule has 2 aliphatic heterocycles. The summed E-state index contributed by atoms with van der Waals surface area (Å²) in [6, 6.07) is 6.38. The van der Waals surface area contributed by atoms with Crippen LogP contribution in [-0.4, -0.2) is 50.5 Å². The number of aliphatic hydroxyl groups is 1. The van der Waals surface area contributed by atoms with Crippen molar-refractivity contribution in [1.82, 2.24) is 0 Å². The van der Waals surface area contributed by atoms with E-state index in [1.54, 1.807) is 12.1 Å². The van der Waals surface area contributed by atoms with Gasteiger partial charge in [-0.15, -0.1) is 0 Å². The molecule has 0 amide bonds. The van der Waals surface area contributed by atoms with Gasteiger partial charge >= 0.3 is 0 Å². The van der Waals surface area contributed by atoms with Gasteiger partial charge < -0.3 is 19.3 Å². The minimum Gasteiger partial charge on any atom is -0.387 e. The third-order valence-electron chi connectivity index (χ3n) is 5.29. The normalized spacial score (nSPS) is 33.5. The van der Waals surface area contributed by atoms with Gasteiger partial charge in [0, 0.05) is 12.8 Å². The smallest absolute Gasteiger partial charge is 0.297 e. The van der Waals surface area contributed by atoms with Gasteiger partial charge in [0.05, 0.1) is 11.5 Å². The van der Waals surface area contributed by atoms with Crippen LogP contribution in [0.4, 0.5) is 0 Å². The highest BCUT2D eigenvalue weighted by molar-refractivity contribution is 7.86. The fraction of sp³-hybridized carbons (Fsp3) is 0.667. The maximum atomic E-state index is 12.3. The number of fused-ring (bicyclic) bond motifs is 1. The molecule has 2 heterocycles. The van der Waals surface area contributed by atoms with E-state index >= 15 is 0 Å². The summed E-state index contributed by atoms with van der Waals surface area (Å²) in [5.41, 5.74) is 0.956.